The fourth-order valence-corrected chi connectivity index (χ4v) is 6.07. The lowest BCUT2D eigenvalue weighted by atomic mass is 9.93. The molecule has 3 rings (SSSR count). The van der Waals surface area contributed by atoms with E-state index in [0.717, 1.165) is 25.7 Å². The largest absolute Gasteiger partial charge is 0.336 e. The van der Waals surface area contributed by atoms with Crippen LogP contribution in [-0.2, 0) is 10.0 Å². The zero-order valence-corrected chi connectivity index (χ0v) is 19.0. The molecule has 1 saturated carbocycles. The van der Waals surface area contributed by atoms with Gasteiger partial charge >= 0.3 is 0 Å². The van der Waals surface area contributed by atoms with Crippen molar-refractivity contribution in [3.05, 3.63) is 59.7 Å². The van der Waals surface area contributed by atoms with E-state index in [1.165, 1.54) is 10.7 Å². The number of hydrogen-bond acceptors (Lipinski definition) is 3. The van der Waals surface area contributed by atoms with Crippen molar-refractivity contribution in [2.24, 2.45) is 0 Å². The Balaban J connectivity index is 1.97. The molecule has 2 aromatic carbocycles. The summed E-state index contributed by atoms with van der Waals surface area (Å²) in [4.78, 5) is 15.4. The van der Waals surface area contributed by atoms with Crippen LogP contribution in [0, 0.1) is 6.92 Å². The SMILES string of the molecule is CCN(C(=O)c1ccc(C)c(S(=O)(=O)N(CC)c2ccccc2)c1)C1CCCCC1. The van der Waals surface area contributed by atoms with Crippen LogP contribution in [0.4, 0.5) is 5.69 Å². The first-order valence-electron chi connectivity index (χ1n) is 10.9. The standard InChI is InChI=1S/C24H32N2O3S/c1-4-25(21-12-8-6-9-13-21)24(27)20-17-16-19(3)23(18-20)30(28,29)26(5-2)22-14-10-7-11-15-22/h7,10-11,14-18,21H,4-6,8-9,12-13H2,1-3H3. The van der Waals surface area contributed by atoms with Crippen LogP contribution in [0.1, 0.15) is 61.9 Å². The van der Waals surface area contributed by atoms with Crippen LogP contribution in [0.25, 0.3) is 0 Å². The molecule has 0 aromatic heterocycles. The van der Waals surface area contributed by atoms with E-state index < -0.39 is 10.0 Å². The topological polar surface area (TPSA) is 57.7 Å². The van der Waals surface area contributed by atoms with E-state index in [1.54, 1.807) is 37.3 Å². The minimum atomic E-state index is -3.79. The summed E-state index contributed by atoms with van der Waals surface area (Å²) < 4.78 is 28.4. The molecule has 0 radical (unpaired) electrons. The Morgan fingerprint density at radius 3 is 2.23 bits per heavy atom. The maximum absolute atomic E-state index is 13.5. The molecule has 162 valence electrons. The van der Waals surface area contributed by atoms with Crippen LogP contribution < -0.4 is 4.31 Å². The number of carbonyl (C=O) groups excluding carboxylic acids is 1. The average molecular weight is 429 g/mol. The van der Waals surface area contributed by atoms with Gasteiger partial charge in [-0.05, 0) is 63.4 Å². The van der Waals surface area contributed by atoms with Gasteiger partial charge in [-0.3, -0.25) is 9.10 Å². The van der Waals surface area contributed by atoms with Crippen molar-refractivity contribution in [1.29, 1.82) is 0 Å². The normalized spacial score (nSPS) is 15.0. The monoisotopic (exact) mass is 428 g/mol. The van der Waals surface area contributed by atoms with Gasteiger partial charge in [0.25, 0.3) is 15.9 Å². The van der Waals surface area contributed by atoms with Crippen LogP contribution >= 0.6 is 0 Å². The van der Waals surface area contributed by atoms with E-state index in [0.29, 0.717) is 29.9 Å². The Hall–Kier alpha value is -2.34. The van der Waals surface area contributed by atoms with Crippen molar-refractivity contribution < 1.29 is 13.2 Å². The third-order valence-electron chi connectivity index (χ3n) is 5.95. The summed E-state index contributed by atoms with van der Waals surface area (Å²) in [6.07, 6.45) is 5.55. The third-order valence-corrected chi connectivity index (χ3v) is 8.00. The van der Waals surface area contributed by atoms with E-state index in [2.05, 4.69) is 0 Å². The van der Waals surface area contributed by atoms with Gasteiger partial charge in [0.2, 0.25) is 0 Å². The number of para-hydroxylation sites is 1. The minimum absolute atomic E-state index is 0.0800. The molecule has 5 nitrogen and oxygen atoms in total. The number of sulfonamides is 1. The molecule has 6 heteroatoms. The lowest BCUT2D eigenvalue weighted by Crippen LogP contribution is -2.41. The summed E-state index contributed by atoms with van der Waals surface area (Å²) >= 11 is 0. The quantitative estimate of drug-likeness (QED) is 0.623. The van der Waals surface area contributed by atoms with Crippen molar-refractivity contribution in [1.82, 2.24) is 4.90 Å². The zero-order chi connectivity index (χ0) is 21.7. The molecule has 0 spiro atoms. The lowest BCUT2D eigenvalue weighted by molar-refractivity contribution is 0.0647. The average Bonchev–Trinajstić information content (AvgIpc) is 2.76. The second kappa shape index (κ2) is 9.65. The van der Waals surface area contributed by atoms with E-state index in [9.17, 15) is 13.2 Å². The minimum Gasteiger partial charge on any atom is -0.336 e. The number of rotatable bonds is 7. The summed E-state index contributed by atoms with van der Waals surface area (Å²) in [6.45, 7) is 6.53. The predicted molar refractivity (Wildman–Crippen MR) is 121 cm³/mol. The molecule has 1 fully saturated rings. The highest BCUT2D eigenvalue weighted by atomic mass is 32.2. The highest BCUT2D eigenvalue weighted by Crippen LogP contribution is 2.28. The number of anilines is 1. The predicted octanol–water partition coefficient (Wildman–Crippen LogP) is 5.01. The van der Waals surface area contributed by atoms with Crippen LogP contribution in [0.5, 0.6) is 0 Å². The van der Waals surface area contributed by atoms with Gasteiger partial charge in [-0.15, -0.1) is 0 Å². The molecule has 0 bridgehead atoms. The van der Waals surface area contributed by atoms with Crippen LogP contribution in [0.15, 0.2) is 53.4 Å². The van der Waals surface area contributed by atoms with Gasteiger partial charge in [0, 0.05) is 24.7 Å². The summed E-state index contributed by atoms with van der Waals surface area (Å²) in [5.74, 6) is -0.0800. The van der Waals surface area contributed by atoms with Crippen molar-refractivity contribution in [3.8, 4) is 0 Å². The fourth-order valence-electron chi connectivity index (χ4n) is 4.34. The van der Waals surface area contributed by atoms with Crippen molar-refractivity contribution in [2.45, 2.75) is 63.8 Å². The number of aryl methyl sites for hydroxylation is 1. The van der Waals surface area contributed by atoms with Gasteiger partial charge in [0.05, 0.1) is 10.6 Å². The second-order valence-corrected chi connectivity index (χ2v) is 9.70. The fraction of sp³-hybridized carbons (Fsp3) is 0.458. The Bertz CT molecular complexity index is 967. The molecule has 0 heterocycles. The Morgan fingerprint density at radius 2 is 1.63 bits per heavy atom. The second-order valence-electron chi connectivity index (χ2n) is 7.87. The Morgan fingerprint density at radius 1 is 0.967 bits per heavy atom. The van der Waals surface area contributed by atoms with E-state index in [4.69, 9.17) is 0 Å². The van der Waals surface area contributed by atoms with Crippen molar-refractivity contribution >= 4 is 21.6 Å². The molecule has 0 N–H and O–H groups in total. The van der Waals surface area contributed by atoms with E-state index in [1.807, 2.05) is 36.9 Å². The first kappa shape index (κ1) is 22.3. The highest BCUT2D eigenvalue weighted by Gasteiger charge is 2.29. The number of nitrogens with zero attached hydrogens (tertiary/aromatic N) is 2. The first-order valence-corrected chi connectivity index (χ1v) is 12.3. The molecule has 0 unspecified atom stereocenters. The molecule has 1 aliphatic carbocycles. The Kier molecular flexibility index (Phi) is 7.19. The maximum atomic E-state index is 13.5. The van der Waals surface area contributed by atoms with Gasteiger partial charge in [-0.1, -0.05) is 43.5 Å². The molecular formula is C24H32N2O3S. The lowest BCUT2D eigenvalue weighted by Gasteiger charge is -2.34. The number of hydrogen-bond donors (Lipinski definition) is 0. The third kappa shape index (κ3) is 4.53. The summed E-state index contributed by atoms with van der Waals surface area (Å²) in [7, 11) is -3.79. The van der Waals surface area contributed by atoms with Gasteiger partial charge in [-0.2, -0.15) is 0 Å². The van der Waals surface area contributed by atoms with Crippen molar-refractivity contribution in [3.63, 3.8) is 0 Å². The molecule has 0 saturated heterocycles. The van der Waals surface area contributed by atoms with Crippen molar-refractivity contribution in [2.75, 3.05) is 17.4 Å². The van der Waals surface area contributed by atoms with E-state index in [-0.39, 0.29) is 16.8 Å². The van der Waals surface area contributed by atoms with Gasteiger partial charge in [0.15, 0.2) is 0 Å². The van der Waals surface area contributed by atoms with Gasteiger partial charge in [-0.25, -0.2) is 8.42 Å². The molecule has 1 amide bonds. The van der Waals surface area contributed by atoms with E-state index >= 15 is 0 Å². The number of carbonyl (C=O) groups is 1. The molecule has 2 aromatic rings. The maximum Gasteiger partial charge on any atom is 0.264 e. The molecule has 0 aliphatic heterocycles. The summed E-state index contributed by atoms with van der Waals surface area (Å²) in [5.41, 5.74) is 1.70. The van der Waals surface area contributed by atoms with Crippen LogP contribution in [0.3, 0.4) is 0 Å². The molecule has 1 aliphatic rings. The zero-order valence-electron chi connectivity index (χ0n) is 18.2. The summed E-state index contributed by atoms with van der Waals surface area (Å²) in [5, 5.41) is 0. The molecule has 0 atom stereocenters. The number of amides is 1. The van der Waals surface area contributed by atoms with Gasteiger partial charge in [0.1, 0.15) is 0 Å². The van der Waals surface area contributed by atoms with Gasteiger partial charge < -0.3 is 4.90 Å². The first-order chi connectivity index (χ1) is 14.4. The molecular weight excluding hydrogens is 396 g/mol. The molecule has 30 heavy (non-hydrogen) atoms. The Labute approximate surface area is 180 Å². The van der Waals surface area contributed by atoms with Crippen LogP contribution in [-0.4, -0.2) is 38.4 Å². The number of benzene rings is 2. The van der Waals surface area contributed by atoms with Crippen LogP contribution in [0.2, 0.25) is 0 Å². The smallest absolute Gasteiger partial charge is 0.264 e. The highest BCUT2D eigenvalue weighted by molar-refractivity contribution is 7.92. The summed E-state index contributed by atoms with van der Waals surface area (Å²) in [6, 6.07) is 14.4.